The van der Waals surface area contributed by atoms with E-state index in [4.69, 9.17) is 14.0 Å². The van der Waals surface area contributed by atoms with Crippen LogP contribution in [-0.2, 0) is 20.6 Å². The number of hydrogen-bond donors (Lipinski definition) is 2. The molecule has 42 heavy (non-hydrogen) atoms. The van der Waals surface area contributed by atoms with Crippen molar-refractivity contribution in [2.24, 2.45) is 29.1 Å². The lowest BCUT2D eigenvalue weighted by Gasteiger charge is -2.62. The molecule has 0 spiro atoms. The van der Waals surface area contributed by atoms with Gasteiger partial charge in [-0.2, -0.15) is 5.06 Å². The lowest BCUT2D eigenvalue weighted by atomic mass is 9.45. The molecule has 9 heteroatoms. The first-order valence-corrected chi connectivity index (χ1v) is 19.5. The number of hydroxylamine groups is 2. The maximum Gasteiger partial charge on any atom is 0.240 e. The monoisotopic (exact) mass is 712 g/mol. The van der Waals surface area contributed by atoms with E-state index in [1.54, 1.807) is 18.1 Å². The molecule has 1 aromatic rings. The first-order valence-electron chi connectivity index (χ1n) is 15.6. The fraction of sp³-hybridized carbons (Fsp3) is 0.727. The number of nitrogens with zero attached hydrogens (tertiary/aromatic N) is 1. The van der Waals surface area contributed by atoms with E-state index in [-0.39, 0.29) is 17.0 Å². The molecule has 1 saturated heterocycles. The number of carbonyl (C=O) groups excluding carboxylic acids is 1. The van der Waals surface area contributed by atoms with E-state index in [0.717, 1.165) is 21.3 Å². The Morgan fingerprint density at radius 1 is 1.33 bits per heavy atom. The highest BCUT2D eigenvalue weighted by molar-refractivity contribution is 14.1. The molecule has 2 bridgehead atoms. The van der Waals surface area contributed by atoms with Crippen molar-refractivity contribution in [3.05, 3.63) is 40.0 Å². The fourth-order valence-electron chi connectivity index (χ4n) is 7.13. The first kappa shape index (κ1) is 33.9. The number of ether oxygens (including phenoxy) is 1. The van der Waals surface area contributed by atoms with Crippen molar-refractivity contribution in [2.45, 2.75) is 110 Å². The van der Waals surface area contributed by atoms with Crippen molar-refractivity contribution in [1.29, 1.82) is 0 Å². The number of aliphatic hydroxyl groups excluding tert-OH is 1. The number of hydrogen-bond acceptors (Lipinski definition) is 6. The molecule has 7 nitrogen and oxygen atoms in total. The predicted octanol–water partition coefficient (Wildman–Crippen LogP) is 6.55. The number of halogens is 1. The Morgan fingerprint density at radius 2 is 2.02 bits per heavy atom. The first-order chi connectivity index (χ1) is 19.5. The van der Waals surface area contributed by atoms with Crippen LogP contribution in [0.15, 0.2) is 30.9 Å². The van der Waals surface area contributed by atoms with Gasteiger partial charge < -0.3 is 19.6 Å². The molecule has 236 valence electrons. The topological polar surface area (TPSA) is 80.3 Å². The summed E-state index contributed by atoms with van der Waals surface area (Å²) >= 11 is 2.27. The number of rotatable bonds is 11. The lowest BCUT2D eigenvalue weighted by Crippen LogP contribution is -2.62. The van der Waals surface area contributed by atoms with Crippen molar-refractivity contribution in [3.63, 3.8) is 0 Å². The van der Waals surface area contributed by atoms with Crippen molar-refractivity contribution < 1.29 is 23.9 Å². The summed E-state index contributed by atoms with van der Waals surface area (Å²) in [6.45, 7) is 24.7. The van der Waals surface area contributed by atoms with Crippen LogP contribution in [0.5, 0.6) is 5.75 Å². The van der Waals surface area contributed by atoms with Crippen molar-refractivity contribution in [1.82, 2.24) is 10.4 Å². The second kappa shape index (κ2) is 12.8. The molecule has 3 aliphatic carbocycles. The Labute approximate surface area is 268 Å². The minimum absolute atomic E-state index is 0.0340. The van der Waals surface area contributed by atoms with Gasteiger partial charge in [-0.15, -0.1) is 0 Å². The third-order valence-electron chi connectivity index (χ3n) is 11.0. The summed E-state index contributed by atoms with van der Waals surface area (Å²) < 4.78 is 13.6. The summed E-state index contributed by atoms with van der Waals surface area (Å²) in [5.74, 6) is 1.90. The second-order valence-corrected chi connectivity index (χ2v) is 20.9. The third-order valence-corrected chi connectivity index (χ3v) is 16.4. The molecule has 3 saturated carbocycles. The number of fused-ring (bicyclic) bond motifs is 2. The van der Waals surface area contributed by atoms with Crippen LogP contribution in [0.4, 0.5) is 0 Å². The van der Waals surface area contributed by atoms with Gasteiger partial charge in [0.05, 0.1) is 22.8 Å². The van der Waals surface area contributed by atoms with Crippen LogP contribution in [-0.4, -0.2) is 61.9 Å². The van der Waals surface area contributed by atoms with Crippen molar-refractivity contribution in [2.75, 3.05) is 13.2 Å². The largest absolute Gasteiger partial charge is 0.488 e. The average Bonchev–Trinajstić information content (AvgIpc) is 3.26. The number of aliphatic hydroxyl groups is 1. The van der Waals surface area contributed by atoms with Gasteiger partial charge in [-0.05, 0) is 89.7 Å². The van der Waals surface area contributed by atoms with E-state index in [9.17, 15) is 9.90 Å². The van der Waals surface area contributed by atoms with Crippen LogP contribution in [0.2, 0.25) is 18.1 Å². The van der Waals surface area contributed by atoms with Gasteiger partial charge in [-0.1, -0.05) is 66.3 Å². The van der Waals surface area contributed by atoms with Gasteiger partial charge in [-0.25, -0.2) is 0 Å². The number of amides is 1. The Morgan fingerprint density at radius 3 is 2.60 bits per heavy atom. The summed E-state index contributed by atoms with van der Waals surface area (Å²) in [5, 5.41) is 16.4. The van der Waals surface area contributed by atoms with E-state index in [1.165, 1.54) is 6.42 Å². The molecule has 4 fully saturated rings. The molecular formula is C33H53IN2O5Si. The third kappa shape index (κ3) is 6.66. The predicted molar refractivity (Wildman–Crippen MR) is 178 cm³/mol. The van der Waals surface area contributed by atoms with Gasteiger partial charge in [0, 0.05) is 17.5 Å². The van der Waals surface area contributed by atoms with E-state index < -0.39 is 32.5 Å². The minimum atomic E-state index is -2.09. The average molecular weight is 713 g/mol. The molecular weight excluding hydrogens is 659 g/mol. The minimum Gasteiger partial charge on any atom is -0.488 e. The van der Waals surface area contributed by atoms with Gasteiger partial charge in [0.1, 0.15) is 24.5 Å². The molecule has 1 aromatic carbocycles. The summed E-state index contributed by atoms with van der Waals surface area (Å²) in [6, 6.07) is 5.46. The number of nitrogens with one attached hydrogen (secondary N) is 1. The normalized spacial score (nSPS) is 31.7. The zero-order chi connectivity index (χ0) is 31.2. The molecule has 5 rings (SSSR count). The summed E-state index contributed by atoms with van der Waals surface area (Å²) in [7, 11) is -2.09. The van der Waals surface area contributed by atoms with Crippen molar-refractivity contribution >= 4 is 36.8 Å². The maximum atomic E-state index is 14.3. The van der Waals surface area contributed by atoms with Crippen LogP contribution < -0.4 is 10.1 Å². The Kier molecular flexibility index (Phi) is 10.3. The van der Waals surface area contributed by atoms with Crippen molar-refractivity contribution in [3.8, 4) is 5.75 Å². The van der Waals surface area contributed by atoms with E-state index in [2.05, 4.69) is 89.1 Å². The van der Waals surface area contributed by atoms with Crippen LogP contribution in [0.3, 0.4) is 0 Å². The highest BCUT2D eigenvalue weighted by atomic mass is 127. The highest BCUT2D eigenvalue weighted by Crippen LogP contribution is 2.61. The molecule has 2 N–H and O–H groups in total. The molecule has 1 heterocycles. The van der Waals surface area contributed by atoms with Gasteiger partial charge in [-0.3, -0.25) is 9.63 Å². The second-order valence-electron chi connectivity index (χ2n) is 15.0. The van der Waals surface area contributed by atoms with Crippen LogP contribution >= 0.6 is 22.6 Å². The molecule has 0 radical (unpaired) electrons. The molecule has 0 unspecified atom stereocenters. The van der Waals surface area contributed by atoms with Crippen LogP contribution in [0.1, 0.15) is 66.9 Å². The smallest absolute Gasteiger partial charge is 0.240 e. The van der Waals surface area contributed by atoms with Gasteiger partial charge >= 0.3 is 0 Å². The van der Waals surface area contributed by atoms with Crippen LogP contribution in [0.25, 0.3) is 0 Å². The Balaban J connectivity index is 1.62. The van der Waals surface area contributed by atoms with E-state index >= 15 is 0 Å². The highest BCUT2D eigenvalue weighted by Gasteiger charge is 2.57. The maximum absolute atomic E-state index is 14.3. The van der Waals surface area contributed by atoms with Gasteiger partial charge in [0.25, 0.3) is 0 Å². The number of carbonyl (C=O) groups is 1. The Hall–Kier alpha value is -0.983. The fourth-order valence-corrected chi connectivity index (χ4v) is 8.85. The zero-order valence-corrected chi connectivity index (χ0v) is 30.2. The van der Waals surface area contributed by atoms with E-state index in [1.807, 2.05) is 18.2 Å². The van der Waals surface area contributed by atoms with E-state index in [0.29, 0.717) is 42.9 Å². The molecule has 1 amide bonds. The Bertz CT molecular complexity index is 1140. The molecule has 8 atom stereocenters. The standard InChI is InChI=1S/C33H53IN2O5Si/c1-11-15-39-30-22(13-12-14-25(30)34)18-36-29(31(38)35-26-17-23-16-24(20(26)2)33(23,7)8)28(21(3)37)27(41-36)19-40-42(9,10)32(4,5)6/h11-14,20-21,23-24,26-29,37H,1,15-19H2,2-10H3,(H,35,38)/t20-,21-,23+,24-,26-,27-,28+,29-/m0/s1. The molecule has 0 aromatic heterocycles. The number of benzene rings is 1. The van der Waals surface area contributed by atoms with Gasteiger partial charge in [0.15, 0.2) is 8.32 Å². The lowest BCUT2D eigenvalue weighted by molar-refractivity contribution is -0.182. The summed E-state index contributed by atoms with van der Waals surface area (Å²) in [5.41, 5.74) is 1.26. The molecule has 1 aliphatic heterocycles. The SMILES string of the molecule is C=CCOc1c(I)cccc1CN1O[C@@H](CO[Si](C)(C)C(C)(C)C)[C@@H]([C@H](C)O)[C@H]1C(=O)N[C@H]1C[C@H]2C[C@@H]([C@@H]1C)C2(C)C. The zero-order valence-electron chi connectivity index (χ0n) is 27.1. The summed E-state index contributed by atoms with van der Waals surface area (Å²) in [4.78, 5) is 20.9. The van der Waals surface area contributed by atoms with Crippen LogP contribution in [0, 0.1) is 32.7 Å². The quantitative estimate of drug-likeness (QED) is 0.154. The van der Waals surface area contributed by atoms with Gasteiger partial charge in [0.2, 0.25) is 5.91 Å². The summed E-state index contributed by atoms with van der Waals surface area (Å²) in [6.07, 6.45) is 2.76. The number of para-hydroxylation sites is 1. The molecule has 4 aliphatic rings.